The highest BCUT2D eigenvalue weighted by Gasteiger charge is 2.20. The Morgan fingerprint density at radius 1 is 1.35 bits per heavy atom. The second kappa shape index (κ2) is 8.66. The Bertz CT molecular complexity index is 392. The normalized spacial score (nSPS) is 13.4. The van der Waals surface area contributed by atoms with E-state index < -0.39 is 0 Å². The molecule has 0 amide bonds. The van der Waals surface area contributed by atoms with Crippen LogP contribution in [-0.4, -0.2) is 25.8 Å². The van der Waals surface area contributed by atoms with Crippen LogP contribution < -0.4 is 5.32 Å². The average molecular weight is 298 g/mol. The van der Waals surface area contributed by atoms with Crippen molar-refractivity contribution < 1.29 is 4.74 Å². The number of hydrogen-bond acceptors (Lipinski definition) is 2. The van der Waals surface area contributed by atoms with Crippen LogP contribution in [0.2, 0.25) is 5.02 Å². The van der Waals surface area contributed by atoms with E-state index in [1.807, 2.05) is 12.1 Å². The molecular formula is C17H28ClNO. The fourth-order valence-corrected chi connectivity index (χ4v) is 2.42. The van der Waals surface area contributed by atoms with Gasteiger partial charge in [0.1, 0.15) is 0 Å². The van der Waals surface area contributed by atoms with E-state index in [0.717, 1.165) is 37.4 Å². The van der Waals surface area contributed by atoms with Crippen LogP contribution in [0.4, 0.5) is 0 Å². The van der Waals surface area contributed by atoms with Gasteiger partial charge < -0.3 is 10.1 Å². The predicted molar refractivity (Wildman–Crippen MR) is 87.7 cm³/mol. The first-order valence-corrected chi connectivity index (χ1v) is 7.87. The van der Waals surface area contributed by atoms with E-state index in [1.54, 1.807) is 7.11 Å². The summed E-state index contributed by atoms with van der Waals surface area (Å²) in [5.74, 6) is 0.481. The monoisotopic (exact) mass is 297 g/mol. The van der Waals surface area contributed by atoms with Gasteiger partial charge in [-0.1, -0.05) is 30.7 Å². The third-order valence-electron chi connectivity index (χ3n) is 3.79. The van der Waals surface area contributed by atoms with E-state index in [-0.39, 0.29) is 5.60 Å². The summed E-state index contributed by atoms with van der Waals surface area (Å²) < 4.78 is 5.53. The summed E-state index contributed by atoms with van der Waals surface area (Å²) in [6, 6.07) is 8.22. The molecule has 2 nitrogen and oxygen atoms in total. The number of ether oxygens (including phenoxy) is 1. The molecule has 1 aromatic rings. The van der Waals surface area contributed by atoms with Gasteiger partial charge in [0.2, 0.25) is 0 Å². The molecule has 1 aromatic carbocycles. The molecule has 1 unspecified atom stereocenters. The zero-order chi connectivity index (χ0) is 15.0. The van der Waals surface area contributed by atoms with Crippen molar-refractivity contribution in [3.63, 3.8) is 0 Å². The molecule has 3 heteroatoms. The molecule has 0 heterocycles. The van der Waals surface area contributed by atoms with Crippen LogP contribution in [0.5, 0.6) is 0 Å². The number of hydrogen-bond donors (Lipinski definition) is 1. The molecule has 0 aliphatic heterocycles. The Morgan fingerprint density at radius 2 is 2.10 bits per heavy atom. The van der Waals surface area contributed by atoms with Gasteiger partial charge >= 0.3 is 0 Å². The predicted octanol–water partition coefficient (Wildman–Crippen LogP) is 4.63. The molecule has 0 saturated heterocycles. The second-order valence-corrected chi connectivity index (χ2v) is 6.39. The van der Waals surface area contributed by atoms with Crippen molar-refractivity contribution in [1.29, 1.82) is 0 Å². The Labute approximate surface area is 128 Å². The van der Waals surface area contributed by atoms with Gasteiger partial charge in [0, 0.05) is 18.7 Å². The van der Waals surface area contributed by atoms with Gasteiger partial charge in [0.15, 0.2) is 0 Å². The van der Waals surface area contributed by atoms with Crippen molar-refractivity contribution in [3.8, 4) is 0 Å². The lowest BCUT2D eigenvalue weighted by molar-refractivity contribution is 0.0124. The summed E-state index contributed by atoms with van der Waals surface area (Å²) in [5.41, 5.74) is 1.25. The smallest absolute Gasteiger partial charge is 0.0623 e. The summed E-state index contributed by atoms with van der Waals surface area (Å²) in [6.07, 6.45) is 3.29. The lowest BCUT2D eigenvalue weighted by atomic mass is 9.89. The Balaban J connectivity index is 2.69. The maximum atomic E-state index is 6.12. The summed E-state index contributed by atoms with van der Waals surface area (Å²) in [7, 11) is 1.78. The number of nitrogens with one attached hydrogen (secondary N) is 1. The molecule has 0 bridgehead atoms. The van der Waals surface area contributed by atoms with Crippen LogP contribution in [0.1, 0.15) is 51.5 Å². The first kappa shape index (κ1) is 17.5. The maximum Gasteiger partial charge on any atom is 0.0623 e. The number of methoxy groups -OCH3 is 1. The molecule has 0 aromatic heterocycles. The minimum absolute atomic E-state index is 0.0679. The van der Waals surface area contributed by atoms with Crippen molar-refractivity contribution in [2.45, 2.75) is 51.6 Å². The molecular weight excluding hydrogens is 270 g/mol. The number of halogens is 1. The SMILES string of the molecule is CCCNCC(CCC(C)(C)OC)c1cccc(Cl)c1. The van der Waals surface area contributed by atoms with Crippen LogP contribution in [0.25, 0.3) is 0 Å². The summed E-state index contributed by atoms with van der Waals surface area (Å²) in [5, 5.41) is 4.34. The molecule has 0 saturated carbocycles. The van der Waals surface area contributed by atoms with Crippen LogP contribution in [0, 0.1) is 0 Å². The van der Waals surface area contributed by atoms with E-state index in [0.29, 0.717) is 5.92 Å². The van der Waals surface area contributed by atoms with E-state index in [4.69, 9.17) is 16.3 Å². The van der Waals surface area contributed by atoms with E-state index >= 15 is 0 Å². The van der Waals surface area contributed by atoms with Gasteiger partial charge in [-0.3, -0.25) is 0 Å². The molecule has 114 valence electrons. The molecule has 0 aliphatic rings. The molecule has 0 radical (unpaired) electrons. The van der Waals surface area contributed by atoms with Crippen LogP contribution >= 0.6 is 11.6 Å². The van der Waals surface area contributed by atoms with Crippen LogP contribution in [0.3, 0.4) is 0 Å². The highest BCUT2D eigenvalue weighted by atomic mass is 35.5. The van der Waals surface area contributed by atoms with Gasteiger partial charge in [-0.2, -0.15) is 0 Å². The zero-order valence-corrected chi connectivity index (χ0v) is 14.0. The first-order valence-electron chi connectivity index (χ1n) is 7.50. The Morgan fingerprint density at radius 3 is 2.70 bits per heavy atom. The van der Waals surface area contributed by atoms with Crippen molar-refractivity contribution in [2.24, 2.45) is 0 Å². The van der Waals surface area contributed by atoms with Crippen molar-refractivity contribution in [2.75, 3.05) is 20.2 Å². The van der Waals surface area contributed by atoms with E-state index in [2.05, 4.69) is 38.2 Å². The maximum absolute atomic E-state index is 6.12. The molecule has 1 N–H and O–H groups in total. The molecule has 0 fully saturated rings. The Kier molecular flexibility index (Phi) is 7.57. The topological polar surface area (TPSA) is 21.3 Å². The van der Waals surface area contributed by atoms with Gasteiger partial charge in [0.05, 0.1) is 5.60 Å². The molecule has 1 rings (SSSR count). The lowest BCUT2D eigenvalue weighted by Crippen LogP contribution is -2.27. The third-order valence-corrected chi connectivity index (χ3v) is 4.02. The summed E-state index contributed by atoms with van der Waals surface area (Å²) in [6.45, 7) is 8.52. The summed E-state index contributed by atoms with van der Waals surface area (Å²) in [4.78, 5) is 0. The van der Waals surface area contributed by atoms with Crippen LogP contribution in [0.15, 0.2) is 24.3 Å². The zero-order valence-electron chi connectivity index (χ0n) is 13.2. The Hall–Kier alpha value is -0.570. The van der Waals surface area contributed by atoms with Gasteiger partial charge in [-0.25, -0.2) is 0 Å². The van der Waals surface area contributed by atoms with Crippen molar-refractivity contribution in [1.82, 2.24) is 5.32 Å². The molecule has 1 atom stereocenters. The quantitative estimate of drug-likeness (QED) is 0.671. The summed E-state index contributed by atoms with van der Waals surface area (Å²) >= 11 is 6.12. The molecule has 0 aliphatic carbocycles. The van der Waals surface area contributed by atoms with Crippen molar-refractivity contribution >= 4 is 11.6 Å². The fourth-order valence-electron chi connectivity index (χ4n) is 2.22. The van der Waals surface area contributed by atoms with Gasteiger partial charge in [-0.15, -0.1) is 0 Å². The molecule has 20 heavy (non-hydrogen) atoms. The highest BCUT2D eigenvalue weighted by molar-refractivity contribution is 6.30. The van der Waals surface area contributed by atoms with Crippen LogP contribution in [-0.2, 0) is 4.74 Å². The lowest BCUT2D eigenvalue weighted by Gasteiger charge is -2.26. The number of benzene rings is 1. The third kappa shape index (κ3) is 6.25. The van der Waals surface area contributed by atoms with Gasteiger partial charge in [0.25, 0.3) is 0 Å². The largest absolute Gasteiger partial charge is 0.379 e. The van der Waals surface area contributed by atoms with E-state index in [9.17, 15) is 0 Å². The average Bonchev–Trinajstić information content (AvgIpc) is 2.42. The minimum atomic E-state index is -0.0679. The second-order valence-electron chi connectivity index (χ2n) is 5.96. The fraction of sp³-hybridized carbons (Fsp3) is 0.647. The van der Waals surface area contributed by atoms with Crippen molar-refractivity contribution in [3.05, 3.63) is 34.9 Å². The standard InChI is InChI=1S/C17H28ClNO/c1-5-11-19-13-15(9-10-17(2,3)20-4)14-7-6-8-16(18)12-14/h6-8,12,15,19H,5,9-11,13H2,1-4H3. The molecule has 0 spiro atoms. The number of rotatable bonds is 9. The minimum Gasteiger partial charge on any atom is -0.379 e. The van der Waals surface area contributed by atoms with Gasteiger partial charge in [-0.05, 0) is 63.3 Å². The first-order chi connectivity index (χ1) is 9.48. The highest BCUT2D eigenvalue weighted by Crippen LogP contribution is 2.27. The van der Waals surface area contributed by atoms with E-state index in [1.165, 1.54) is 5.56 Å².